The van der Waals surface area contributed by atoms with Gasteiger partial charge in [-0.3, -0.25) is 19.5 Å². The van der Waals surface area contributed by atoms with Gasteiger partial charge in [-0.2, -0.15) is 5.10 Å². The van der Waals surface area contributed by atoms with E-state index in [4.69, 9.17) is 5.73 Å². The van der Waals surface area contributed by atoms with Crippen LogP contribution in [0.4, 0.5) is 17.2 Å². The average molecular weight is 297 g/mol. The van der Waals surface area contributed by atoms with E-state index < -0.39 is 14.9 Å². The second kappa shape index (κ2) is 4.81. The molecule has 106 valence electrons. The monoisotopic (exact) mass is 297 g/mol. The van der Waals surface area contributed by atoms with E-state index >= 15 is 0 Å². The van der Waals surface area contributed by atoms with Crippen LogP contribution >= 0.6 is 0 Å². The minimum absolute atomic E-state index is 0.0785. The Labute approximate surface area is 114 Å². The Kier molecular flexibility index (Phi) is 3.32. The standard InChI is InChI=1S/C10H11N5O4S/c1-14-10(4-5-12-14)13-20(18,19)9-6-7(15(16)17)2-3-8(9)11/h2-6,13H,11H2,1H3. The van der Waals surface area contributed by atoms with Crippen LogP contribution in [0.5, 0.6) is 0 Å². The minimum atomic E-state index is -4.03. The van der Waals surface area contributed by atoms with Gasteiger partial charge in [-0.15, -0.1) is 0 Å². The summed E-state index contributed by atoms with van der Waals surface area (Å²) in [4.78, 5) is 9.65. The van der Waals surface area contributed by atoms with Gasteiger partial charge >= 0.3 is 0 Å². The van der Waals surface area contributed by atoms with Gasteiger partial charge in [0.15, 0.2) is 0 Å². The number of nitrogens with two attached hydrogens (primary N) is 1. The molecule has 0 unspecified atom stereocenters. The van der Waals surface area contributed by atoms with Crippen molar-refractivity contribution in [2.45, 2.75) is 4.90 Å². The number of benzene rings is 1. The number of aryl methyl sites for hydroxylation is 1. The first-order valence-corrected chi connectivity index (χ1v) is 6.84. The van der Waals surface area contributed by atoms with Gasteiger partial charge in [0.05, 0.1) is 16.8 Å². The van der Waals surface area contributed by atoms with Crippen LogP contribution in [-0.2, 0) is 17.1 Å². The molecule has 0 aliphatic heterocycles. The summed E-state index contributed by atoms with van der Waals surface area (Å²) in [6.45, 7) is 0. The van der Waals surface area contributed by atoms with Crippen LogP contribution in [0.25, 0.3) is 0 Å². The zero-order valence-corrected chi connectivity index (χ0v) is 11.2. The number of nitro groups is 1. The number of nitro benzene ring substituents is 1. The predicted octanol–water partition coefficient (Wildman–Crippen LogP) is 0.711. The summed E-state index contributed by atoms with van der Waals surface area (Å²) < 4.78 is 28.0. The fraction of sp³-hybridized carbons (Fsp3) is 0.100. The largest absolute Gasteiger partial charge is 0.398 e. The summed E-state index contributed by atoms with van der Waals surface area (Å²) in [5, 5.41) is 14.5. The first kappa shape index (κ1) is 13.8. The molecule has 2 rings (SSSR count). The molecule has 0 spiro atoms. The van der Waals surface area contributed by atoms with Crippen molar-refractivity contribution in [1.29, 1.82) is 0 Å². The summed E-state index contributed by atoms with van der Waals surface area (Å²) in [5.41, 5.74) is 5.14. The highest BCUT2D eigenvalue weighted by molar-refractivity contribution is 7.92. The molecule has 0 saturated heterocycles. The maximum absolute atomic E-state index is 12.2. The zero-order chi connectivity index (χ0) is 14.9. The molecule has 1 heterocycles. The highest BCUT2D eigenvalue weighted by Gasteiger charge is 2.22. The van der Waals surface area contributed by atoms with Crippen LogP contribution in [0.1, 0.15) is 0 Å². The Morgan fingerprint density at radius 1 is 1.40 bits per heavy atom. The molecule has 1 aromatic carbocycles. The van der Waals surface area contributed by atoms with E-state index in [0.717, 1.165) is 12.1 Å². The molecule has 0 radical (unpaired) electrons. The molecule has 0 amide bonds. The van der Waals surface area contributed by atoms with E-state index in [1.165, 1.54) is 23.0 Å². The van der Waals surface area contributed by atoms with E-state index in [0.29, 0.717) is 0 Å². The molecule has 9 nitrogen and oxygen atoms in total. The number of hydrogen-bond acceptors (Lipinski definition) is 6. The van der Waals surface area contributed by atoms with Crippen molar-refractivity contribution in [3.05, 3.63) is 40.6 Å². The van der Waals surface area contributed by atoms with E-state index in [1.807, 2.05) is 0 Å². The van der Waals surface area contributed by atoms with Crippen molar-refractivity contribution in [1.82, 2.24) is 9.78 Å². The number of rotatable bonds is 4. The van der Waals surface area contributed by atoms with E-state index in [-0.39, 0.29) is 22.1 Å². The lowest BCUT2D eigenvalue weighted by Gasteiger charge is -2.09. The van der Waals surface area contributed by atoms with Crippen molar-refractivity contribution in [3.8, 4) is 0 Å². The SMILES string of the molecule is Cn1nccc1NS(=O)(=O)c1cc([N+](=O)[O-])ccc1N. The average Bonchev–Trinajstić information content (AvgIpc) is 2.74. The third-order valence-corrected chi connectivity index (χ3v) is 3.97. The molecule has 0 bridgehead atoms. The van der Waals surface area contributed by atoms with Gasteiger partial charge in [0.25, 0.3) is 15.7 Å². The first-order chi connectivity index (χ1) is 9.31. The van der Waals surface area contributed by atoms with Crippen LogP contribution in [0.2, 0.25) is 0 Å². The van der Waals surface area contributed by atoms with E-state index in [1.54, 1.807) is 7.05 Å². The van der Waals surface area contributed by atoms with Gasteiger partial charge in [0.1, 0.15) is 10.7 Å². The zero-order valence-electron chi connectivity index (χ0n) is 10.3. The topological polar surface area (TPSA) is 133 Å². The number of non-ortho nitro benzene ring substituents is 1. The molecule has 10 heteroatoms. The lowest BCUT2D eigenvalue weighted by molar-refractivity contribution is -0.385. The van der Waals surface area contributed by atoms with Crippen molar-refractivity contribution >= 4 is 27.2 Å². The molecule has 0 aliphatic carbocycles. The predicted molar refractivity (Wildman–Crippen MR) is 71.5 cm³/mol. The summed E-state index contributed by atoms with van der Waals surface area (Å²) in [6, 6.07) is 4.67. The molecule has 0 fully saturated rings. The van der Waals surface area contributed by atoms with Crippen molar-refractivity contribution < 1.29 is 13.3 Å². The third kappa shape index (κ3) is 2.54. The first-order valence-electron chi connectivity index (χ1n) is 5.36. The Balaban J connectivity index is 2.46. The van der Waals surface area contributed by atoms with Gasteiger partial charge in [-0.1, -0.05) is 0 Å². The number of nitrogen functional groups attached to an aromatic ring is 1. The van der Waals surface area contributed by atoms with E-state index in [9.17, 15) is 18.5 Å². The quantitative estimate of drug-likeness (QED) is 0.485. The Morgan fingerprint density at radius 3 is 2.65 bits per heavy atom. The lowest BCUT2D eigenvalue weighted by Crippen LogP contribution is -2.17. The van der Waals surface area contributed by atoms with Crippen LogP contribution < -0.4 is 10.5 Å². The van der Waals surface area contributed by atoms with Crippen LogP contribution in [0.3, 0.4) is 0 Å². The van der Waals surface area contributed by atoms with Crippen LogP contribution in [-0.4, -0.2) is 23.1 Å². The maximum atomic E-state index is 12.2. The molecule has 0 aliphatic rings. The lowest BCUT2D eigenvalue weighted by atomic mass is 10.3. The van der Waals surface area contributed by atoms with Gasteiger partial charge in [-0.05, 0) is 6.07 Å². The van der Waals surface area contributed by atoms with Crippen molar-refractivity contribution in [3.63, 3.8) is 0 Å². The summed E-state index contributed by atoms with van der Waals surface area (Å²) >= 11 is 0. The summed E-state index contributed by atoms with van der Waals surface area (Å²) in [5.74, 6) is 0.218. The number of anilines is 2. The van der Waals surface area contributed by atoms with Gasteiger partial charge < -0.3 is 5.73 Å². The molecule has 2 aromatic rings. The number of aromatic nitrogens is 2. The molecule has 20 heavy (non-hydrogen) atoms. The summed E-state index contributed by atoms with van der Waals surface area (Å²) in [7, 11) is -2.48. The highest BCUT2D eigenvalue weighted by atomic mass is 32.2. The smallest absolute Gasteiger partial charge is 0.270 e. The number of sulfonamides is 1. The van der Waals surface area contributed by atoms with Crippen molar-refractivity contribution in [2.75, 3.05) is 10.5 Å². The Hall–Kier alpha value is -2.62. The fourth-order valence-corrected chi connectivity index (χ4v) is 2.78. The fourth-order valence-electron chi connectivity index (χ4n) is 1.54. The summed E-state index contributed by atoms with van der Waals surface area (Å²) in [6.07, 6.45) is 1.41. The second-order valence-electron chi connectivity index (χ2n) is 3.92. The van der Waals surface area contributed by atoms with Gasteiger partial charge in [-0.25, -0.2) is 8.42 Å². The molecule has 1 aromatic heterocycles. The molecular weight excluding hydrogens is 286 g/mol. The number of hydrogen-bond donors (Lipinski definition) is 2. The minimum Gasteiger partial charge on any atom is -0.398 e. The Bertz CT molecular complexity index is 768. The van der Waals surface area contributed by atoms with Crippen molar-refractivity contribution in [2.24, 2.45) is 7.05 Å². The highest BCUT2D eigenvalue weighted by Crippen LogP contribution is 2.25. The second-order valence-corrected chi connectivity index (χ2v) is 5.58. The van der Waals surface area contributed by atoms with Crippen LogP contribution in [0, 0.1) is 10.1 Å². The third-order valence-electron chi connectivity index (χ3n) is 2.56. The van der Waals surface area contributed by atoms with Gasteiger partial charge in [0.2, 0.25) is 0 Å². The number of nitrogens with one attached hydrogen (secondary N) is 1. The maximum Gasteiger partial charge on any atom is 0.270 e. The number of nitrogens with zero attached hydrogens (tertiary/aromatic N) is 3. The molecular formula is C10H11N5O4S. The normalized spacial score (nSPS) is 11.2. The van der Waals surface area contributed by atoms with E-state index in [2.05, 4.69) is 9.82 Å². The van der Waals surface area contributed by atoms with Gasteiger partial charge in [0, 0.05) is 25.2 Å². The molecule has 3 N–H and O–H groups in total. The Morgan fingerprint density at radius 2 is 2.10 bits per heavy atom. The van der Waals surface area contributed by atoms with Crippen LogP contribution in [0.15, 0.2) is 35.4 Å². The molecule has 0 saturated carbocycles. The molecule has 0 atom stereocenters.